The van der Waals surface area contributed by atoms with E-state index in [1.165, 1.54) is 18.4 Å². The Kier molecular flexibility index (Phi) is 5.95. The first-order chi connectivity index (χ1) is 10.3. The molecule has 0 atom stereocenters. The molecule has 0 aliphatic heterocycles. The van der Waals surface area contributed by atoms with E-state index in [9.17, 15) is 0 Å². The van der Waals surface area contributed by atoms with Gasteiger partial charge >= 0.3 is 0 Å². The molecule has 0 bridgehead atoms. The van der Waals surface area contributed by atoms with Crippen molar-refractivity contribution in [2.75, 3.05) is 6.61 Å². The molecule has 0 saturated carbocycles. The number of nitrogens with zero attached hydrogens (tertiary/aromatic N) is 2. The largest absolute Gasteiger partial charge is 0.494 e. The molecule has 0 radical (unpaired) electrons. The lowest BCUT2D eigenvalue weighted by Crippen LogP contribution is -1.89. The van der Waals surface area contributed by atoms with E-state index in [2.05, 4.69) is 29.3 Å². The lowest BCUT2D eigenvalue weighted by atomic mass is 10.1. The highest BCUT2D eigenvalue weighted by atomic mass is 16.5. The average Bonchev–Trinajstić information content (AvgIpc) is 2.53. The Morgan fingerprint density at radius 2 is 1.38 bits per heavy atom. The fraction of sp³-hybridized carbons (Fsp3) is 0.333. The maximum Gasteiger partial charge on any atom is 0.119 e. The first-order valence-electron chi connectivity index (χ1n) is 7.55. The third-order valence-corrected chi connectivity index (χ3v) is 3.18. The van der Waals surface area contributed by atoms with Crippen molar-refractivity contribution in [3.05, 3.63) is 54.1 Å². The van der Waals surface area contributed by atoms with Crippen molar-refractivity contribution in [1.82, 2.24) is 0 Å². The second-order valence-electron chi connectivity index (χ2n) is 4.90. The van der Waals surface area contributed by atoms with Crippen LogP contribution >= 0.6 is 0 Å². The van der Waals surface area contributed by atoms with Crippen molar-refractivity contribution in [3.8, 4) is 5.75 Å². The molecule has 0 spiro atoms. The van der Waals surface area contributed by atoms with E-state index in [1.807, 2.05) is 43.3 Å². The number of hydrogen-bond donors (Lipinski definition) is 0. The molecule has 21 heavy (non-hydrogen) atoms. The van der Waals surface area contributed by atoms with Crippen molar-refractivity contribution in [2.24, 2.45) is 10.2 Å². The normalized spacial score (nSPS) is 11.0. The van der Waals surface area contributed by atoms with Gasteiger partial charge in [0, 0.05) is 0 Å². The van der Waals surface area contributed by atoms with E-state index in [4.69, 9.17) is 4.74 Å². The zero-order valence-corrected chi connectivity index (χ0v) is 12.7. The van der Waals surface area contributed by atoms with Crippen LogP contribution < -0.4 is 4.74 Å². The molecule has 0 aliphatic rings. The molecule has 0 amide bonds. The second kappa shape index (κ2) is 8.20. The van der Waals surface area contributed by atoms with Crippen molar-refractivity contribution in [1.29, 1.82) is 0 Å². The number of aryl methyl sites for hydroxylation is 1. The molecule has 110 valence electrons. The highest BCUT2D eigenvalue weighted by Crippen LogP contribution is 2.21. The van der Waals surface area contributed by atoms with Crippen LogP contribution in [0.3, 0.4) is 0 Å². The topological polar surface area (TPSA) is 34.0 Å². The molecule has 3 nitrogen and oxygen atoms in total. The molecule has 3 heteroatoms. The standard InChI is InChI=1S/C18H22N2O/c1-3-5-6-15-7-9-16(10-8-15)19-20-17-11-13-18(14-12-17)21-4-2/h7-14H,3-6H2,1-2H3/b20-19+. The van der Waals surface area contributed by atoms with Crippen molar-refractivity contribution in [2.45, 2.75) is 33.1 Å². The van der Waals surface area contributed by atoms with Crippen molar-refractivity contribution < 1.29 is 4.74 Å². The van der Waals surface area contributed by atoms with Gasteiger partial charge < -0.3 is 4.74 Å². The highest BCUT2D eigenvalue weighted by Gasteiger charge is 1.95. The fourth-order valence-electron chi connectivity index (χ4n) is 2.00. The van der Waals surface area contributed by atoms with E-state index < -0.39 is 0 Å². The van der Waals surface area contributed by atoms with Crippen LogP contribution in [-0.2, 0) is 6.42 Å². The first-order valence-corrected chi connectivity index (χ1v) is 7.55. The summed E-state index contributed by atoms with van der Waals surface area (Å²) >= 11 is 0. The van der Waals surface area contributed by atoms with Crippen LogP contribution in [0.5, 0.6) is 5.75 Å². The summed E-state index contributed by atoms with van der Waals surface area (Å²) < 4.78 is 5.40. The molecule has 2 rings (SSSR count). The molecule has 2 aromatic rings. The molecule has 0 saturated heterocycles. The predicted octanol–water partition coefficient (Wildman–Crippen LogP) is 5.84. The summed E-state index contributed by atoms with van der Waals surface area (Å²) in [5.41, 5.74) is 3.06. The smallest absolute Gasteiger partial charge is 0.119 e. The van der Waals surface area contributed by atoms with Crippen molar-refractivity contribution in [3.63, 3.8) is 0 Å². The summed E-state index contributed by atoms with van der Waals surface area (Å²) in [6, 6.07) is 15.9. The minimum Gasteiger partial charge on any atom is -0.494 e. The molecule has 0 N–H and O–H groups in total. The van der Waals surface area contributed by atoms with Crippen LogP contribution in [0.1, 0.15) is 32.3 Å². The Bertz CT molecular complexity index is 559. The first kappa shape index (κ1) is 15.2. The van der Waals surface area contributed by atoms with Crippen LogP contribution in [0.4, 0.5) is 11.4 Å². The summed E-state index contributed by atoms with van der Waals surface area (Å²) in [5, 5.41) is 8.50. The highest BCUT2D eigenvalue weighted by molar-refractivity contribution is 5.43. The molecule has 0 heterocycles. The summed E-state index contributed by atoms with van der Waals surface area (Å²) in [7, 11) is 0. The molecule has 0 unspecified atom stereocenters. The minimum absolute atomic E-state index is 0.672. The Balaban J connectivity index is 1.96. The summed E-state index contributed by atoms with van der Waals surface area (Å²) in [6.45, 7) is 4.85. The van der Waals surface area contributed by atoms with Crippen LogP contribution in [0.25, 0.3) is 0 Å². The zero-order chi connectivity index (χ0) is 14.9. The van der Waals surface area contributed by atoms with Gasteiger partial charge in [-0.2, -0.15) is 10.2 Å². The van der Waals surface area contributed by atoms with Crippen LogP contribution in [0.2, 0.25) is 0 Å². The van der Waals surface area contributed by atoms with Crippen molar-refractivity contribution >= 4 is 11.4 Å². The Morgan fingerprint density at radius 3 is 1.90 bits per heavy atom. The zero-order valence-electron chi connectivity index (χ0n) is 12.7. The maximum atomic E-state index is 5.40. The quantitative estimate of drug-likeness (QED) is 0.587. The minimum atomic E-state index is 0.672. The van der Waals surface area contributed by atoms with Gasteiger partial charge in [0.1, 0.15) is 5.75 Å². The van der Waals surface area contributed by atoms with Gasteiger partial charge in [-0.3, -0.25) is 0 Å². The summed E-state index contributed by atoms with van der Waals surface area (Å²) in [4.78, 5) is 0. The third kappa shape index (κ3) is 5.03. The molecule has 0 fully saturated rings. The van der Waals surface area contributed by atoms with Gasteiger partial charge in [-0.05, 0) is 61.7 Å². The Morgan fingerprint density at radius 1 is 0.810 bits per heavy atom. The van der Waals surface area contributed by atoms with E-state index in [0.29, 0.717) is 6.61 Å². The SMILES string of the molecule is CCCCc1ccc(/N=N/c2ccc(OCC)cc2)cc1. The van der Waals surface area contributed by atoms with Crippen LogP contribution in [0.15, 0.2) is 58.8 Å². The third-order valence-electron chi connectivity index (χ3n) is 3.18. The lowest BCUT2D eigenvalue weighted by molar-refractivity contribution is 0.340. The van der Waals surface area contributed by atoms with E-state index in [-0.39, 0.29) is 0 Å². The van der Waals surface area contributed by atoms with Gasteiger partial charge in [0.05, 0.1) is 18.0 Å². The van der Waals surface area contributed by atoms with Gasteiger partial charge in [-0.1, -0.05) is 25.5 Å². The molecular weight excluding hydrogens is 260 g/mol. The number of benzene rings is 2. The number of azo groups is 1. The Hall–Kier alpha value is -2.16. The number of unbranched alkanes of at least 4 members (excludes halogenated alkanes) is 1. The number of ether oxygens (including phenoxy) is 1. The van der Waals surface area contributed by atoms with E-state index >= 15 is 0 Å². The average molecular weight is 282 g/mol. The fourth-order valence-corrected chi connectivity index (χ4v) is 2.00. The van der Waals surface area contributed by atoms with Gasteiger partial charge in [0.25, 0.3) is 0 Å². The van der Waals surface area contributed by atoms with E-state index in [0.717, 1.165) is 23.5 Å². The summed E-state index contributed by atoms with van der Waals surface area (Å²) in [5.74, 6) is 0.858. The van der Waals surface area contributed by atoms with Gasteiger partial charge in [-0.25, -0.2) is 0 Å². The maximum absolute atomic E-state index is 5.40. The second-order valence-corrected chi connectivity index (χ2v) is 4.90. The van der Waals surface area contributed by atoms with Gasteiger partial charge in [-0.15, -0.1) is 0 Å². The summed E-state index contributed by atoms with van der Waals surface area (Å²) in [6.07, 6.45) is 3.58. The molecule has 0 aliphatic carbocycles. The molecular formula is C18H22N2O. The predicted molar refractivity (Wildman–Crippen MR) is 86.8 cm³/mol. The lowest BCUT2D eigenvalue weighted by Gasteiger charge is -2.02. The van der Waals surface area contributed by atoms with Crippen LogP contribution in [-0.4, -0.2) is 6.61 Å². The van der Waals surface area contributed by atoms with Crippen LogP contribution in [0, 0.1) is 0 Å². The number of hydrogen-bond acceptors (Lipinski definition) is 3. The molecule has 0 aromatic heterocycles. The monoisotopic (exact) mass is 282 g/mol. The molecule has 2 aromatic carbocycles. The number of rotatable bonds is 7. The van der Waals surface area contributed by atoms with Gasteiger partial charge in [0.2, 0.25) is 0 Å². The van der Waals surface area contributed by atoms with Gasteiger partial charge in [0.15, 0.2) is 0 Å². The Labute approximate surface area is 126 Å². The van der Waals surface area contributed by atoms with E-state index in [1.54, 1.807) is 0 Å².